The molecule has 1 amide bonds. The van der Waals surface area contributed by atoms with Gasteiger partial charge in [0.25, 0.3) is 5.91 Å². The number of nitrogens with one attached hydrogen (secondary N) is 2. The topological polar surface area (TPSA) is 99.5 Å². The number of fused-ring (bicyclic) bond motifs is 2. The minimum absolute atomic E-state index is 0.219. The van der Waals surface area contributed by atoms with Crippen molar-refractivity contribution < 1.29 is 19.0 Å². The molecule has 0 radical (unpaired) electrons. The summed E-state index contributed by atoms with van der Waals surface area (Å²) in [7, 11) is 1.59. The molecule has 3 heterocycles. The second-order valence-electron chi connectivity index (χ2n) is 7.97. The number of allylic oxidation sites excluding steroid dienone is 1. The van der Waals surface area contributed by atoms with E-state index < -0.39 is 6.04 Å². The summed E-state index contributed by atoms with van der Waals surface area (Å²) >= 11 is 0. The fourth-order valence-electron chi connectivity index (χ4n) is 4.12. The fourth-order valence-corrected chi connectivity index (χ4v) is 4.12. The number of para-hydroxylation sites is 1. The maximum absolute atomic E-state index is 13.6. The Kier molecular flexibility index (Phi) is 5.47. The lowest BCUT2D eigenvalue weighted by atomic mass is 9.94. The zero-order chi connectivity index (χ0) is 22.9. The first-order valence-electron chi connectivity index (χ1n) is 10.7. The standard InChI is InChI=1S/C24H25N5O4/c1-14-6-4-5-7-17(14)26-23(30)21-15(2)25-24-27-20(13-31-3)28-29(24)22(21)16-8-9-18-19(12-16)33-11-10-32-18/h4-9,12,22H,10-11,13H2,1-3H3,(H,26,30)(H,25,27,28). The molecule has 5 rings (SSSR count). The number of hydrogen-bond acceptors (Lipinski definition) is 7. The lowest BCUT2D eigenvalue weighted by Gasteiger charge is -2.29. The van der Waals surface area contributed by atoms with Gasteiger partial charge in [-0.05, 0) is 43.2 Å². The Morgan fingerprint density at radius 1 is 1.18 bits per heavy atom. The van der Waals surface area contributed by atoms with Gasteiger partial charge in [-0.1, -0.05) is 24.3 Å². The van der Waals surface area contributed by atoms with E-state index in [0.29, 0.717) is 47.8 Å². The monoisotopic (exact) mass is 447 g/mol. The van der Waals surface area contributed by atoms with Gasteiger partial charge in [0.2, 0.25) is 5.95 Å². The Morgan fingerprint density at radius 3 is 2.76 bits per heavy atom. The summed E-state index contributed by atoms with van der Waals surface area (Å²) in [6.07, 6.45) is 0. The van der Waals surface area contributed by atoms with Crippen molar-refractivity contribution in [3.05, 3.63) is 70.7 Å². The van der Waals surface area contributed by atoms with Crippen LogP contribution in [0.15, 0.2) is 53.7 Å². The van der Waals surface area contributed by atoms with Crippen molar-refractivity contribution in [3.8, 4) is 11.5 Å². The Hall–Kier alpha value is -3.85. The van der Waals surface area contributed by atoms with Crippen LogP contribution in [-0.4, -0.2) is 41.0 Å². The Labute approximate surface area is 191 Å². The van der Waals surface area contributed by atoms with Crippen molar-refractivity contribution in [2.24, 2.45) is 0 Å². The molecular formula is C24H25N5O4. The van der Waals surface area contributed by atoms with E-state index in [-0.39, 0.29) is 12.5 Å². The predicted octanol–water partition coefficient (Wildman–Crippen LogP) is 3.43. The lowest BCUT2D eigenvalue weighted by Crippen LogP contribution is -2.31. The number of benzene rings is 2. The molecule has 3 aromatic rings. The summed E-state index contributed by atoms with van der Waals surface area (Å²) in [4.78, 5) is 18.1. The molecule has 0 saturated carbocycles. The third-order valence-corrected chi connectivity index (χ3v) is 5.69. The molecule has 2 aliphatic heterocycles. The first-order valence-corrected chi connectivity index (χ1v) is 10.7. The summed E-state index contributed by atoms with van der Waals surface area (Å²) in [5.74, 6) is 2.18. The highest BCUT2D eigenvalue weighted by Crippen LogP contribution is 2.40. The third kappa shape index (κ3) is 3.91. The number of aryl methyl sites for hydroxylation is 1. The number of anilines is 2. The minimum atomic E-state index is -0.515. The predicted molar refractivity (Wildman–Crippen MR) is 122 cm³/mol. The van der Waals surface area contributed by atoms with E-state index in [0.717, 1.165) is 16.8 Å². The van der Waals surface area contributed by atoms with E-state index in [1.807, 2.05) is 56.3 Å². The smallest absolute Gasteiger partial charge is 0.255 e. The van der Waals surface area contributed by atoms with Gasteiger partial charge in [-0.2, -0.15) is 10.1 Å². The van der Waals surface area contributed by atoms with Gasteiger partial charge in [0, 0.05) is 18.5 Å². The van der Waals surface area contributed by atoms with E-state index in [2.05, 4.69) is 20.7 Å². The first kappa shape index (κ1) is 21.0. The summed E-state index contributed by atoms with van der Waals surface area (Å²) < 4.78 is 18.4. The van der Waals surface area contributed by atoms with Gasteiger partial charge in [0.05, 0.1) is 5.57 Å². The number of nitrogens with zero attached hydrogens (tertiary/aromatic N) is 3. The van der Waals surface area contributed by atoms with Crippen molar-refractivity contribution in [1.29, 1.82) is 0 Å². The van der Waals surface area contributed by atoms with Gasteiger partial charge in [0.15, 0.2) is 17.3 Å². The van der Waals surface area contributed by atoms with Crippen LogP contribution >= 0.6 is 0 Å². The molecule has 0 aliphatic carbocycles. The quantitative estimate of drug-likeness (QED) is 0.618. The van der Waals surface area contributed by atoms with E-state index in [9.17, 15) is 4.79 Å². The highest BCUT2D eigenvalue weighted by molar-refractivity contribution is 6.06. The molecule has 0 spiro atoms. The summed E-state index contributed by atoms with van der Waals surface area (Å²) in [6.45, 7) is 5.08. The SMILES string of the molecule is COCc1nc2n(n1)C(c1ccc3c(c1)OCCO3)C(C(=O)Nc1ccccc1C)=C(C)N2. The Bertz CT molecular complexity index is 1250. The number of methoxy groups -OCH3 is 1. The van der Waals surface area contributed by atoms with Gasteiger partial charge >= 0.3 is 0 Å². The molecule has 0 saturated heterocycles. The van der Waals surface area contributed by atoms with E-state index in [4.69, 9.17) is 14.2 Å². The molecule has 1 unspecified atom stereocenters. The zero-order valence-electron chi connectivity index (χ0n) is 18.7. The summed E-state index contributed by atoms with van der Waals surface area (Å²) in [5, 5.41) is 10.9. The van der Waals surface area contributed by atoms with E-state index in [1.165, 1.54) is 0 Å². The highest BCUT2D eigenvalue weighted by atomic mass is 16.6. The number of hydrogen-bond donors (Lipinski definition) is 2. The average molecular weight is 447 g/mol. The van der Waals surface area contributed by atoms with E-state index in [1.54, 1.807) is 11.8 Å². The molecule has 33 heavy (non-hydrogen) atoms. The average Bonchev–Trinajstić information content (AvgIpc) is 3.21. The van der Waals surface area contributed by atoms with Gasteiger partial charge in [-0.15, -0.1) is 0 Å². The number of amides is 1. The molecule has 9 heteroatoms. The third-order valence-electron chi connectivity index (χ3n) is 5.69. The molecule has 170 valence electrons. The highest BCUT2D eigenvalue weighted by Gasteiger charge is 2.35. The van der Waals surface area contributed by atoms with Crippen LogP contribution in [0.1, 0.15) is 29.9 Å². The number of carbonyl (C=O) groups excluding carboxylic acids is 1. The number of carbonyl (C=O) groups is 1. The van der Waals surface area contributed by atoms with Gasteiger partial charge in [0.1, 0.15) is 25.9 Å². The van der Waals surface area contributed by atoms with Gasteiger partial charge < -0.3 is 24.8 Å². The first-order chi connectivity index (χ1) is 16.0. The van der Waals surface area contributed by atoms with Crippen LogP contribution in [0.3, 0.4) is 0 Å². The lowest BCUT2D eigenvalue weighted by molar-refractivity contribution is -0.113. The molecular weight excluding hydrogens is 422 g/mol. The molecule has 2 aromatic carbocycles. The Balaban J connectivity index is 1.59. The van der Waals surface area contributed by atoms with Crippen molar-refractivity contribution in [2.45, 2.75) is 26.5 Å². The molecule has 9 nitrogen and oxygen atoms in total. The van der Waals surface area contributed by atoms with Gasteiger partial charge in [-0.25, -0.2) is 4.68 Å². The molecule has 2 aliphatic rings. The number of ether oxygens (including phenoxy) is 3. The molecule has 1 atom stereocenters. The van der Waals surface area contributed by atoms with Crippen molar-refractivity contribution >= 4 is 17.5 Å². The van der Waals surface area contributed by atoms with Crippen LogP contribution in [0.5, 0.6) is 11.5 Å². The summed E-state index contributed by atoms with van der Waals surface area (Å²) in [5.41, 5.74) is 3.81. The number of rotatable bonds is 5. The summed E-state index contributed by atoms with van der Waals surface area (Å²) in [6, 6.07) is 12.9. The fraction of sp³-hybridized carbons (Fsp3) is 0.292. The van der Waals surface area contributed by atoms with Crippen LogP contribution in [0.2, 0.25) is 0 Å². The normalized spacial score (nSPS) is 16.8. The van der Waals surface area contributed by atoms with Crippen molar-refractivity contribution in [1.82, 2.24) is 14.8 Å². The van der Waals surface area contributed by atoms with Crippen LogP contribution in [0.25, 0.3) is 0 Å². The maximum Gasteiger partial charge on any atom is 0.255 e. The van der Waals surface area contributed by atoms with Crippen LogP contribution in [-0.2, 0) is 16.1 Å². The second-order valence-corrected chi connectivity index (χ2v) is 7.97. The minimum Gasteiger partial charge on any atom is -0.486 e. The zero-order valence-corrected chi connectivity index (χ0v) is 18.7. The largest absolute Gasteiger partial charge is 0.486 e. The van der Waals surface area contributed by atoms with Crippen LogP contribution < -0.4 is 20.1 Å². The molecule has 0 fully saturated rings. The maximum atomic E-state index is 13.6. The second kappa shape index (κ2) is 8.59. The Morgan fingerprint density at radius 2 is 1.97 bits per heavy atom. The molecule has 1 aromatic heterocycles. The van der Waals surface area contributed by atoms with Crippen LogP contribution in [0, 0.1) is 6.92 Å². The molecule has 0 bridgehead atoms. The van der Waals surface area contributed by atoms with Crippen molar-refractivity contribution in [2.75, 3.05) is 31.0 Å². The van der Waals surface area contributed by atoms with Gasteiger partial charge in [-0.3, -0.25) is 4.79 Å². The molecule has 2 N–H and O–H groups in total. The number of aromatic nitrogens is 3. The van der Waals surface area contributed by atoms with Crippen molar-refractivity contribution in [3.63, 3.8) is 0 Å². The van der Waals surface area contributed by atoms with E-state index >= 15 is 0 Å². The van der Waals surface area contributed by atoms with Crippen LogP contribution in [0.4, 0.5) is 11.6 Å².